The number of epoxide rings is 2. The normalized spacial score (nSPS) is 26.5. The lowest BCUT2D eigenvalue weighted by Gasteiger charge is -2.16. The van der Waals surface area contributed by atoms with E-state index >= 15 is 0 Å². The molecule has 2 saturated heterocycles. The SMILES string of the molecule is COc1cccc(OC)c1C(=O)P(=O)(C1CO1)C1CO1. The Labute approximate surface area is 116 Å². The van der Waals surface area contributed by atoms with Gasteiger partial charge < -0.3 is 23.5 Å². The van der Waals surface area contributed by atoms with E-state index in [1.54, 1.807) is 18.2 Å². The molecule has 1 aromatic rings. The predicted molar refractivity (Wildman–Crippen MR) is 71.0 cm³/mol. The number of rotatable bonds is 6. The summed E-state index contributed by atoms with van der Waals surface area (Å²) in [6.45, 7) is 0.667. The molecular weight excluding hydrogens is 283 g/mol. The van der Waals surface area contributed by atoms with Gasteiger partial charge >= 0.3 is 0 Å². The maximum Gasteiger partial charge on any atom is 0.234 e. The second-order valence-electron chi connectivity index (χ2n) is 4.63. The third kappa shape index (κ3) is 2.04. The number of methoxy groups -OCH3 is 2. The van der Waals surface area contributed by atoms with Gasteiger partial charge in [-0.05, 0) is 12.1 Å². The van der Waals surface area contributed by atoms with Crippen molar-refractivity contribution in [2.75, 3.05) is 27.4 Å². The molecule has 0 aromatic heterocycles. The van der Waals surface area contributed by atoms with Gasteiger partial charge in [-0.25, -0.2) is 0 Å². The van der Waals surface area contributed by atoms with Gasteiger partial charge in [0.15, 0.2) is 0 Å². The minimum Gasteiger partial charge on any atom is -0.496 e. The Hall–Kier alpha value is -1.36. The van der Waals surface area contributed by atoms with E-state index in [1.807, 2.05) is 0 Å². The molecule has 2 heterocycles. The number of hydrogen-bond acceptors (Lipinski definition) is 6. The van der Waals surface area contributed by atoms with Gasteiger partial charge in [0.05, 0.1) is 27.4 Å². The fourth-order valence-electron chi connectivity index (χ4n) is 2.21. The van der Waals surface area contributed by atoms with Crippen molar-refractivity contribution < 1.29 is 28.3 Å². The molecule has 2 aliphatic heterocycles. The van der Waals surface area contributed by atoms with Gasteiger partial charge in [-0.2, -0.15) is 0 Å². The zero-order valence-electron chi connectivity index (χ0n) is 11.2. The van der Waals surface area contributed by atoms with Crippen LogP contribution in [0.25, 0.3) is 0 Å². The van der Waals surface area contributed by atoms with Crippen molar-refractivity contribution in [2.45, 2.75) is 11.7 Å². The second-order valence-corrected chi connectivity index (χ2v) is 7.60. The largest absolute Gasteiger partial charge is 0.496 e. The van der Waals surface area contributed by atoms with Crippen molar-refractivity contribution >= 4 is 12.7 Å². The highest BCUT2D eigenvalue weighted by atomic mass is 31.2. The van der Waals surface area contributed by atoms with Crippen molar-refractivity contribution in [1.29, 1.82) is 0 Å². The maximum absolute atomic E-state index is 13.1. The lowest BCUT2D eigenvalue weighted by atomic mass is 10.2. The highest BCUT2D eigenvalue weighted by molar-refractivity contribution is 7.82. The molecule has 2 atom stereocenters. The summed E-state index contributed by atoms with van der Waals surface area (Å²) in [5.74, 6) is -0.374. The van der Waals surface area contributed by atoms with Crippen LogP contribution < -0.4 is 9.47 Å². The van der Waals surface area contributed by atoms with E-state index < -0.39 is 24.4 Å². The number of benzene rings is 1. The Balaban J connectivity index is 2.07. The molecule has 0 amide bonds. The topological polar surface area (TPSA) is 77.7 Å². The van der Waals surface area contributed by atoms with Gasteiger partial charge in [-0.3, -0.25) is 4.79 Å². The zero-order chi connectivity index (χ0) is 14.3. The lowest BCUT2D eigenvalue weighted by Crippen LogP contribution is -2.13. The summed E-state index contributed by atoms with van der Waals surface area (Å²) in [7, 11) is -0.365. The standard InChI is InChI=1S/C13H15O6P/c1-16-8-4-3-5-9(17-2)12(8)13(14)20(15,10-6-18-10)11-7-19-11/h3-5,10-11H,6-7H2,1-2H3. The molecule has 3 rings (SSSR count). The van der Waals surface area contributed by atoms with Crippen molar-refractivity contribution in [3.63, 3.8) is 0 Å². The molecular formula is C13H15O6P. The van der Waals surface area contributed by atoms with Gasteiger partial charge in [0, 0.05) is 0 Å². The maximum atomic E-state index is 13.1. The van der Waals surface area contributed by atoms with Crippen LogP contribution in [0, 0.1) is 0 Å². The van der Waals surface area contributed by atoms with E-state index in [4.69, 9.17) is 18.9 Å². The number of ether oxygens (including phenoxy) is 4. The molecule has 0 spiro atoms. The van der Waals surface area contributed by atoms with E-state index in [2.05, 4.69) is 0 Å². The molecule has 6 nitrogen and oxygen atoms in total. The van der Waals surface area contributed by atoms with Gasteiger partial charge in [0.25, 0.3) is 0 Å². The first-order valence-electron chi connectivity index (χ1n) is 6.21. The summed E-state index contributed by atoms with van der Waals surface area (Å²) in [6, 6.07) is 4.99. The van der Waals surface area contributed by atoms with Crippen LogP contribution in [0.15, 0.2) is 18.2 Å². The Morgan fingerprint density at radius 3 is 1.95 bits per heavy atom. The molecule has 108 valence electrons. The Kier molecular flexibility index (Phi) is 3.32. The van der Waals surface area contributed by atoms with Crippen molar-refractivity contribution in [1.82, 2.24) is 0 Å². The smallest absolute Gasteiger partial charge is 0.234 e. The Bertz CT molecular complexity index is 552. The van der Waals surface area contributed by atoms with Crippen LogP contribution in [0.2, 0.25) is 0 Å². The lowest BCUT2D eigenvalue weighted by molar-refractivity contribution is 0.106. The summed E-state index contributed by atoms with van der Waals surface area (Å²) in [5, 5.41) is 0. The third-order valence-corrected chi connectivity index (χ3v) is 6.61. The van der Waals surface area contributed by atoms with Gasteiger partial charge in [-0.1, -0.05) is 6.07 Å². The Morgan fingerprint density at radius 2 is 1.60 bits per heavy atom. The van der Waals surface area contributed by atoms with Crippen LogP contribution in [0.3, 0.4) is 0 Å². The molecule has 7 heteroatoms. The van der Waals surface area contributed by atoms with Crippen molar-refractivity contribution in [2.24, 2.45) is 0 Å². The number of hydrogen-bond donors (Lipinski definition) is 0. The van der Waals surface area contributed by atoms with Crippen LogP contribution in [-0.2, 0) is 14.0 Å². The van der Waals surface area contributed by atoms with Gasteiger partial charge in [-0.15, -0.1) is 0 Å². The fraction of sp³-hybridized carbons (Fsp3) is 0.462. The van der Waals surface area contributed by atoms with Gasteiger partial charge in [0.2, 0.25) is 12.7 Å². The predicted octanol–water partition coefficient (Wildman–Crippen LogP) is 1.92. The van der Waals surface area contributed by atoms with E-state index in [9.17, 15) is 9.36 Å². The van der Waals surface area contributed by atoms with E-state index in [0.717, 1.165) is 0 Å². The van der Waals surface area contributed by atoms with Crippen LogP contribution in [0.1, 0.15) is 10.4 Å². The van der Waals surface area contributed by atoms with Gasteiger partial charge in [0.1, 0.15) is 28.8 Å². The van der Waals surface area contributed by atoms with E-state index in [0.29, 0.717) is 24.7 Å². The first-order chi connectivity index (χ1) is 9.62. The first kappa shape index (κ1) is 13.6. The minimum atomic E-state index is -3.28. The average molecular weight is 298 g/mol. The summed E-state index contributed by atoms with van der Waals surface area (Å²) in [5.41, 5.74) is -0.288. The molecule has 0 N–H and O–H groups in total. The highest BCUT2D eigenvalue weighted by Crippen LogP contribution is 2.67. The molecule has 2 fully saturated rings. The molecule has 0 bridgehead atoms. The Morgan fingerprint density at radius 1 is 1.15 bits per heavy atom. The zero-order valence-corrected chi connectivity index (χ0v) is 12.1. The summed E-state index contributed by atoms with van der Waals surface area (Å²) < 4.78 is 33.7. The van der Waals surface area contributed by atoms with Crippen LogP contribution in [0.5, 0.6) is 11.5 Å². The van der Waals surface area contributed by atoms with Crippen LogP contribution in [0.4, 0.5) is 0 Å². The summed E-state index contributed by atoms with van der Waals surface area (Å²) >= 11 is 0. The highest BCUT2D eigenvalue weighted by Gasteiger charge is 2.59. The molecule has 1 aromatic carbocycles. The number of carbonyl (C=O) groups excluding carboxylic acids is 1. The molecule has 0 aliphatic carbocycles. The van der Waals surface area contributed by atoms with Crippen LogP contribution in [-0.4, -0.2) is 44.6 Å². The summed E-state index contributed by atoms with van der Waals surface area (Å²) in [4.78, 5) is 12.8. The average Bonchev–Trinajstić information content (AvgIpc) is 3.34. The second kappa shape index (κ2) is 4.88. The first-order valence-corrected chi connectivity index (χ1v) is 8.06. The van der Waals surface area contributed by atoms with E-state index in [-0.39, 0.29) is 5.56 Å². The van der Waals surface area contributed by atoms with Crippen molar-refractivity contribution in [3.05, 3.63) is 23.8 Å². The monoisotopic (exact) mass is 298 g/mol. The quantitative estimate of drug-likeness (QED) is 0.590. The van der Waals surface area contributed by atoms with Crippen LogP contribution >= 0.6 is 7.14 Å². The third-order valence-electron chi connectivity index (χ3n) is 3.45. The van der Waals surface area contributed by atoms with E-state index in [1.165, 1.54) is 14.2 Å². The molecule has 0 radical (unpaired) electrons. The molecule has 2 aliphatic rings. The fourth-order valence-corrected chi connectivity index (χ4v) is 4.73. The summed E-state index contributed by atoms with van der Waals surface area (Å²) in [6.07, 6.45) is 0. The molecule has 0 saturated carbocycles. The molecule has 20 heavy (non-hydrogen) atoms. The minimum absolute atomic E-state index is 0.201. The molecule has 2 unspecified atom stereocenters. The number of carbonyl (C=O) groups is 1. The van der Waals surface area contributed by atoms with Crippen molar-refractivity contribution in [3.8, 4) is 11.5 Å².